The molecule has 0 unspecified atom stereocenters. The number of hydrogen-bond acceptors (Lipinski definition) is 3. The van der Waals surface area contributed by atoms with Crippen molar-refractivity contribution in [1.29, 1.82) is 0 Å². The van der Waals surface area contributed by atoms with E-state index < -0.39 is 0 Å². The molecule has 90 valence electrons. The predicted octanol–water partition coefficient (Wildman–Crippen LogP) is 1.22. The summed E-state index contributed by atoms with van der Waals surface area (Å²) in [5.74, 6) is 0. The van der Waals surface area contributed by atoms with Gasteiger partial charge in [0.25, 0.3) is 0 Å². The van der Waals surface area contributed by atoms with Crippen molar-refractivity contribution >= 4 is 0 Å². The molecule has 0 amide bonds. The average molecular weight is 214 g/mol. The van der Waals surface area contributed by atoms with Gasteiger partial charge in [0.1, 0.15) is 0 Å². The van der Waals surface area contributed by atoms with Crippen LogP contribution >= 0.6 is 0 Å². The molecule has 2 N–H and O–H groups in total. The van der Waals surface area contributed by atoms with Gasteiger partial charge in [-0.1, -0.05) is 6.92 Å². The van der Waals surface area contributed by atoms with Crippen LogP contribution in [0.2, 0.25) is 0 Å². The highest BCUT2D eigenvalue weighted by Gasteiger charge is 2.33. The maximum atomic E-state index is 9.13. The maximum Gasteiger partial charge on any atom is 0.0448 e. The molecule has 0 bridgehead atoms. The molecule has 3 heteroatoms. The summed E-state index contributed by atoms with van der Waals surface area (Å²) in [7, 11) is 0. The summed E-state index contributed by atoms with van der Waals surface area (Å²) in [6.45, 7) is 10.3. The lowest BCUT2D eigenvalue weighted by molar-refractivity contribution is 0.0914. The lowest BCUT2D eigenvalue weighted by Gasteiger charge is -2.43. The van der Waals surface area contributed by atoms with E-state index in [-0.39, 0.29) is 5.54 Å². The molecule has 0 atom stereocenters. The fourth-order valence-electron chi connectivity index (χ4n) is 2.57. The van der Waals surface area contributed by atoms with E-state index in [0.29, 0.717) is 12.6 Å². The first-order valence-electron chi connectivity index (χ1n) is 6.23. The first-order valence-corrected chi connectivity index (χ1v) is 6.23. The quantitative estimate of drug-likeness (QED) is 0.722. The van der Waals surface area contributed by atoms with Crippen molar-refractivity contribution in [2.75, 3.05) is 26.2 Å². The van der Waals surface area contributed by atoms with Gasteiger partial charge in [-0.05, 0) is 39.7 Å². The van der Waals surface area contributed by atoms with Crippen molar-refractivity contribution < 1.29 is 5.11 Å². The van der Waals surface area contributed by atoms with Crippen LogP contribution in [0.5, 0.6) is 0 Å². The van der Waals surface area contributed by atoms with Gasteiger partial charge in [-0.15, -0.1) is 0 Å². The molecule has 0 saturated carbocycles. The lowest BCUT2D eigenvalue weighted by atomic mass is 9.84. The van der Waals surface area contributed by atoms with Gasteiger partial charge >= 0.3 is 0 Å². The topological polar surface area (TPSA) is 35.5 Å². The summed E-state index contributed by atoms with van der Waals surface area (Å²) in [6.07, 6.45) is 3.23. The van der Waals surface area contributed by atoms with Gasteiger partial charge < -0.3 is 15.3 Å². The van der Waals surface area contributed by atoms with Gasteiger partial charge in [0.15, 0.2) is 0 Å². The predicted molar refractivity (Wildman–Crippen MR) is 64.1 cm³/mol. The number of aliphatic hydroxyl groups excluding tert-OH is 1. The Morgan fingerprint density at radius 2 is 1.93 bits per heavy atom. The minimum Gasteiger partial charge on any atom is -0.396 e. The molecular formula is C12H26N2O. The molecule has 1 fully saturated rings. The monoisotopic (exact) mass is 214 g/mol. The van der Waals surface area contributed by atoms with E-state index in [9.17, 15) is 0 Å². The second kappa shape index (κ2) is 5.83. The number of piperidine rings is 1. The number of aliphatic hydroxyl groups is 1. The van der Waals surface area contributed by atoms with Crippen molar-refractivity contribution in [3.05, 3.63) is 0 Å². The molecule has 0 aromatic rings. The highest BCUT2D eigenvalue weighted by molar-refractivity contribution is 4.93. The van der Waals surface area contributed by atoms with Gasteiger partial charge in [0, 0.05) is 31.3 Å². The van der Waals surface area contributed by atoms with Crippen LogP contribution in [0.15, 0.2) is 0 Å². The molecular weight excluding hydrogens is 188 g/mol. The first kappa shape index (κ1) is 12.9. The number of likely N-dealkylation sites (tertiary alicyclic amines) is 1. The number of nitrogens with zero attached hydrogens (tertiary/aromatic N) is 1. The number of nitrogens with one attached hydrogen (secondary N) is 1. The van der Waals surface area contributed by atoms with Crippen LogP contribution in [0.4, 0.5) is 0 Å². The fourth-order valence-corrected chi connectivity index (χ4v) is 2.57. The van der Waals surface area contributed by atoms with Crippen LogP contribution in [0.3, 0.4) is 0 Å². The Hall–Kier alpha value is -0.120. The normalized spacial score (nSPS) is 22.2. The van der Waals surface area contributed by atoms with Gasteiger partial charge in [0.2, 0.25) is 0 Å². The van der Waals surface area contributed by atoms with Gasteiger partial charge in [-0.2, -0.15) is 0 Å². The minimum atomic E-state index is 0.203. The highest BCUT2D eigenvalue weighted by Crippen LogP contribution is 2.26. The average Bonchev–Trinajstić information content (AvgIpc) is 2.19. The highest BCUT2D eigenvalue weighted by atomic mass is 16.3. The standard InChI is InChI=1S/C12H26N2O/c1-4-13-12(7-10-15)5-8-14(9-6-12)11(2)3/h11,13,15H,4-10H2,1-3H3. The first-order chi connectivity index (χ1) is 7.13. The molecule has 1 aliphatic heterocycles. The van der Waals surface area contributed by atoms with Crippen molar-refractivity contribution in [2.45, 2.75) is 51.6 Å². The van der Waals surface area contributed by atoms with E-state index in [1.807, 2.05) is 0 Å². The molecule has 0 radical (unpaired) electrons. The summed E-state index contributed by atoms with van der Waals surface area (Å²) in [4.78, 5) is 2.52. The second-order valence-electron chi connectivity index (χ2n) is 4.91. The molecule has 3 nitrogen and oxygen atoms in total. The van der Waals surface area contributed by atoms with E-state index in [1.54, 1.807) is 0 Å². The Bertz CT molecular complexity index is 166. The Kier molecular flexibility index (Phi) is 5.03. The molecule has 0 aliphatic carbocycles. The smallest absolute Gasteiger partial charge is 0.0448 e. The van der Waals surface area contributed by atoms with E-state index >= 15 is 0 Å². The lowest BCUT2D eigenvalue weighted by Crippen LogP contribution is -2.54. The van der Waals surface area contributed by atoms with E-state index in [4.69, 9.17) is 5.11 Å². The Morgan fingerprint density at radius 1 is 1.33 bits per heavy atom. The zero-order chi connectivity index (χ0) is 11.3. The Balaban J connectivity index is 2.49. The maximum absolute atomic E-state index is 9.13. The third kappa shape index (κ3) is 3.44. The summed E-state index contributed by atoms with van der Waals surface area (Å²) in [6, 6.07) is 0.652. The zero-order valence-corrected chi connectivity index (χ0v) is 10.4. The van der Waals surface area contributed by atoms with Gasteiger partial charge in [-0.25, -0.2) is 0 Å². The van der Waals surface area contributed by atoms with Crippen LogP contribution in [0, 0.1) is 0 Å². The van der Waals surface area contributed by atoms with E-state index in [1.165, 1.54) is 12.8 Å². The van der Waals surface area contributed by atoms with Gasteiger partial charge in [-0.3, -0.25) is 0 Å². The summed E-state index contributed by atoms with van der Waals surface area (Å²) in [5.41, 5.74) is 0.203. The van der Waals surface area contributed by atoms with Crippen LogP contribution in [0.25, 0.3) is 0 Å². The Morgan fingerprint density at radius 3 is 2.33 bits per heavy atom. The fraction of sp³-hybridized carbons (Fsp3) is 1.00. The molecule has 15 heavy (non-hydrogen) atoms. The molecule has 0 spiro atoms. The Labute approximate surface area is 93.9 Å². The van der Waals surface area contributed by atoms with Crippen molar-refractivity contribution in [2.24, 2.45) is 0 Å². The van der Waals surface area contributed by atoms with Crippen LogP contribution in [-0.2, 0) is 0 Å². The molecule has 1 heterocycles. The third-order valence-electron chi connectivity index (χ3n) is 3.63. The molecule has 1 saturated heterocycles. The van der Waals surface area contributed by atoms with Gasteiger partial charge in [0.05, 0.1) is 0 Å². The van der Waals surface area contributed by atoms with Crippen LogP contribution in [0.1, 0.15) is 40.0 Å². The minimum absolute atomic E-state index is 0.203. The van der Waals surface area contributed by atoms with Crippen molar-refractivity contribution in [1.82, 2.24) is 10.2 Å². The number of rotatable bonds is 5. The summed E-state index contributed by atoms with van der Waals surface area (Å²) in [5, 5.41) is 12.7. The van der Waals surface area contributed by atoms with Crippen molar-refractivity contribution in [3.8, 4) is 0 Å². The summed E-state index contributed by atoms with van der Waals surface area (Å²) >= 11 is 0. The largest absolute Gasteiger partial charge is 0.396 e. The SMILES string of the molecule is CCNC1(CCO)CCN(C(C)C)CC1. The molecule has 0 aromatic heterocycles. The van der Waals surface area contributed by atoms with E-state index in [0.717, 1.165) is 26.1 Å². The van der Waals surface area contributed by atoms with Crippen molar-refractivity contribution in [3.63, 3.8) is 0 Å². The van der Waals surface area contributed by atoms with Crippen LogP contribution < -0.4 is 5.32 Å². The third-order valence-corrected chi connectivity index (χ3v) is 3.63. The molecule has 0 aromatic carbocycles. The summed E-state index contributed by atoms with van der Waals surface area (Å²) < 4.78 is 0. The van der Waals surface area contributed by atoms with E-state index in [2.05, 4.69) is 31.0 Å². The second-order valence-corrected chi connectivity index (χ2v) is 4.91. The molecule has 1 rings (SSSR count). The van der Waals surface area contributed by atoms with Crippen LogP contribution in [-0.4, -0.2) is 47.8 Å². The zero-order valence-electron chi connectivity index (χ0n) is 10.4. The molecule has 1 aliphatic rings. The number of hydrogen-bond donors (Lipinski definition) is 2.